The van der Waals surface area contributed by atoms with Crippen molar-refractivity contribution in [1.82, 2.24) is 14.5 Å². The van der Waals surface area contributed by atoms with Gasteiger partial charge in [-0.3, -0.25) is 9.36 Å². The molecule has 2 atom stereocenters. The van der Waals surface area contributed by atoms with Crippen molar-refractivity contribution < 1.29 is 13.9 Å². The number of hydrogen-bond donors (Lipinski definition) is 0. The van der Waals surface area contributed by atoms with Gasteiger partial charge in [0.1, 0.15) is 23.6 Å². The number of ether oxygens (including phenoxy) is 2. The lowest BCUT2D eigenvalue weighted by molar-refractivity contribution is -0.140. The summed E-state index contributed by atoms with van der Waals surface area (Å²) in [7, 11) is 1.64. The van der Waals surface area contributed by atoms with E-state index in [-0.39, 0.29) is 39.4 Å². The number of aromatic nitrogens is 3. The van der Waals surface area contributed by atoms with Crippen LogP contribution in [0.5, 0.6) is 0 Å². The minimum absolute atomic E-state index is 0.0472. The Morgan fingerprint density at radius 3 is 2.65 bits per heavy atom. The van der Waals surface area contributed by atoms with E-state index in [4.69, 9.17) is 26.1 Å². The molecule has 0 aliphatic carbocycles. The summed E-state index contributed by atoms with van der Waals surface area (Å²) < 4.78 is 27.8. The molecule has 0 N–H and O–H groups in total. The normalized spacial score (nSPS) is 21.4. The van der Waals surface area contributed by atoms with Crippen molar-refractivity contribution in [1.29, 1.82) is 0 Å². The molecule has 1 aromatic carbocycles. The van der Waals surface area contributed by atoms with Crippen LogP contribution in [0.25, 0.3) is 22.2 Å². The molecule has 2 saturated heterocycles. The standard InChI is InChI=1S/C22H22ClFN4O3/c1-12-25-16-10-19(28-6-8-31-18(11-28)17-5-7-30-17)26-21(20(16)22(29)27(12)2)14-4-3-13(23)9-15(14)24/h3-4,9-10,17-18H,5-8,11H2,1-2H3/t17-,18-/m1/s1. The third-order valence-corrected chi connectivity index (χ3v) is 6.26. The zero-order chi connectivity index (χ0) is 21.7. The molecule has 31 heavy (non-hydrogen) atoms. The SMILES string of the molecule is Cc1nc2cc(N3CCO[C@@H]([C@H]4CCO4)C3)nc(-c3ccc(Cl)cc3F)c2c(=O)n1C. The van der Waals surface area contributed by atoms with Gasteiger partial charge in [-0.05, 0) is 31.5 Å². The van der Waals surface area contributed by atoms with Crippen LogP contribution in [0.1, 0.15) is 12.2 Å². The molecule has 162 valence electrons. The highest BCUT2D eigenvalue weighted by Gasteiger charge is 2.34. The summed E-state index contributed by atoms with van der Waals surface area (Å²) in [5, 5.41) is 0.560. The van der Waals surface area contributed by atoms with Crippen molar-refractivity contribution in [2.45, 2.75) is 25.6 Å². The van der Waals surface area contributed by atoms with Gasteiger partial charge in [-0.2, -0.15) is 0 Å². The monoisotopic (exact) mass is 444 g/mol. The zero-order valence-corrected chi connectivity index (χ0v) is 18.0. The van der Waals surface area contributed by atoms with Gasteiger partial charge in [0, 0.05) is 43.4 Å². The van der Waals surface area contributed by atoms with E-state index in [1.54, 1.807) is 32.2 Å². The number of pyridine rings is 1. The molecule has 0 radical (unpaired) electrons. The van der Waals surface area contributed by atoms with Gasteiger partial charge >= 0.3 is 0 Å². The molecule has 0 unspecified atom stereocenters. The van der Waals surface area contributed by atoms with Crippen molar-refractivity contribution in [2.24, 2.45) is 7.05 Å². The first-order valence-electron chi connectivity index (χ1n) is 10.2. The highest BCUT2D eigenvalue weighted by atomic mass is 35.5. The summed E-state index contributed by atoms with van der Waals surface area (Å²) in [6.45, 7) is 4.30. The van der Waals surface area contributed by atoms with Crippen molar-refractivity contribution >= 4 is 28.3 Å². The molecule has 0 saturated carbocycles. The summed E-state index contributed by atoms with van der Waals surface area (Å²) in [6, 6.07) is 6.16. The molecule has 0 amide bonds. The van der Waals surface area contributed by atoms with Crippen LogP contribution in [-0.2, 0) is 16.5 Å². The Morgan fingerprint density at radius 2 is 1.94 bits per heavy atom. The van der Waals surface area contributed by atoms with Crippen LogP contribution < -0.4 is 10.5 Å². The fourth-order valence-corrected chi connectivity index (χ4v) is 4.23. The number of morpholine rings is 1. The van der Waals surface area contributed by atoms with E-state index in [9.17, 15) is 9.18 Å². The average molecular weight is 445 g/mol. The molecule has 2 fully saturated rings. The Kier molecular flexibility index (Phi) is 5.16. The molecular formula is C22H22ClFN4O3. The van der Waals surface area contributed by atoms with Crippen molar-refractivity contribution in [2.75, 3.05) is 31.2 Å². The lowest BCUT2D eigenvalue weighted by Gasteiger charge is -2.40. The Morgan fingerprint density at radius 1 is 1.16 bits per heavy atom. The second-order valence-electron chi connectivity index (χ2n) is 7.92. The van der Waals surface area contributed by atoms with Crippen LogP contribution >= 0.6 is 11.6 Å². The van der Waals surface area contributed by atoms with Gasteiger partial charge in [-0.1, -0.05) is 11.6 Å². The molecule has 0 spiro atoms. The Hall–Kier alpha value is -2.55. The number of halogens is 2. The van der Waals surface area contributed by atoms with Crippen LogP contribution in [0.3, 0.4) is 0 Å². The summed E-state index contributed by atoms with van der Waals surface area (Å²) in [5.74, 6) is 0.660. The van der Waals surface area contributed by atoms with Crippen LogP contribution in [-0.4, -0.2) is 53.0 Å². The Labute approximate surface area is 183 Å². The minimum Gasteiger partial charge on any atom is -0.375 e. The number of benzene rings is 1. The van der Waals surface area contributed by atoms with Crippen molar-refractivity contribution in [3.63, 3.8) is 0 Å². The van der Waals surface area contributed by atoms with Crippen molar-refractivity contribution in [3.8, 4) is 11.3 Å². The number of anilines is 1. The maximum absolute atomic E-state index is 14.9. The highest BCUT2D eigenvalue weighted by molar-refractivity contribution is 6.30. The summed E-state index contributed by atoms with van der Waals surface area (Å²) in [4.78, 5) is 24.5. The third-order valence-electron chi connectivity index (χ3n) is 6.02. The molecule has 4 heterocycles. The van der Waals surface area contributed by atoms with Crippen LogP contribution in [0.2, 0.25) is 5.02 Å². The van der Waals surface area contributed by atoms with Gasteiger partial charge in [-0.15, -0.1) is 0 Å². The first kappa shape index (κ1) is 20.4. The van der Waals surface area contributed by atoms with Gasteiger partial charge in [0.25, 0.3) is 5.56 Å². The Balaban J connectivity index is 1.68. The van der Waals surface area contributed by atoms with E-state index < -0.39 is 5.82 Å². The quantitative estimate of drug-likeness (QED) is 0.618. The lowest BCUT2D eigenvalue weighted by atomic mass is 10.0. The van der Waals surface area contributed by atoms with E-state index >= 15 is 0 Å². The van der Waals surface area contributed by atoms with Gasteiger partial charge in [0.2, 0.25) is 0 Å². The van der Waals surface area contributed by atoms with Crippen LogP contribution in [0, 0.1) is 12.7 Å². The highest BCUT2D eigenvalue weighted by Crippen LogP contribution is 2.32. The molecule has 2 aromatic heterocycles. The Bertz CT molecular complexity index is 1230. The molecule has 3 aromatic rings. The molecule has 7 nitrogen and oxygen atoms in total. The number of hydrogen-bond acceptors (Lipinski definition) is 6. The van der Waals surface area contributed by atoms with Crippen LogP contribution in [0.4, 0.5) is 10.2 Å². The maximum atomic E-state index is 14.9. The average Bonchev–Trinajstić information content (AvgIpc) is 2.70. The first-order chi connectivity index (χ1) is 14.9. The predicted octanol–water partition coefficient (Wildman–Crippen LogP) is 3.09. The van der Waals surface area contributed by atoms with E-state index in [1.165, 1.54) is 10.6 Å². The third kappa shape index (κ3) is 3.58. The smallest absolute Gasteiger partial charge is 0.263 e. The van der Waals surface area contributed by atoms with Crippen LogP contribution in [0.15, 0.2) is 29.1 Å². The zero-order valence-electron chi connectivity index (χ0n) is 17.3. The summed E-state index contributed by atoms with van der Waals surface area (Å²) in [6.07, 6.45) is 1.01. The van der Waals surface area contributed by atoms with Gasteiger partial charge in [0.15, 0.2) is 0 Å². The number of nitrogens with zero attached hydrogens (tertiary/aromatic N) is 4. The number of rotatable bonds is 3. The second kappa shape index (κ2) is 7.85. The first-order valence-corrected chi connectivity index (χ1v) is 10.6. The van der Waals surface area contributed by atoms with Crippen molar-refractivity contribution in [3.05, 3.63) is 51.3 Å². The molecule has 9 heteroatoms. The maximum Gasteiger partial charge on any atom is 0.263 e. The molecule has 2 aliphatic rings. The number of aryl methyl sites for hydroxylation is 1. The van der Waals surface area contributed by atoms with E-state index in [2.05, 4.69) is 9.88 Å². The minimum atomic E-state index is -0.538. The van der Waals surface area contributed by atoms with Gasteiger partial charge in [0.05, 0.1) is 29.3 Å². The molecule has 0 bridgehead atoms. The van der Waals surface area contributed by atoms with E-state index in [0.29, 0.717) is 36.9 Å². The van der Waals surface area contributed by atoms with Gasteiger partial charge in [-0.25, -0.2) is 14.4 Å². The predicted molar refractivity (Wildman–Crippen MR) is 116 cm³/mol. The number of fused-ring (bicyclic) bond motifs is 1. The van der Waals surface area contributed by atoms with E-state index in [1.807, 2.05) is 0 Å². The second-order valence-corrected chi connectivity index (χ2v) is 8.36. The molecular weight excluding hydrogens is 423 g/mol. The molecule has 2 aliphatic heterocycles. The lowest BCUT2D eigenvalue weighted by Crippen LogP contribution is -2.52. The topological polar surface area (TPSA) is 69.5 Å². The summed E-state index contributed by atoms with van der Waals surface area (Å²) in [5.41, 5.74) is 0.690. The summed E-state index contributed by atoms with van der Waals surface area (Å²) >= 11 is 5.95. The van der Waals surface area contributed by atoms with E-state index in [0.717, 1.165) is 13.0 Å². The fraction of sp³-hybridized carbons (Fsp3) is 0.409. The largest absolute Gasteiger partial charge is 0.375 e. The van der Waals surface area contributed by atoms with Gasteiger partial charge < -0.3 is 14.4 Å². The fourth-order valence-electron chi connectivity index (χ4n) is 4.08. The molecule has 5 rings (SSSR count).